The molecule has 0 unspecified atom stereocenters. The number of methoxy groups -OCH3 is 2. The first-order valence-corrected chi connectivity index (χ1v) is 8.45. The summed E-state index contributed by atoms with van der Waals surface area (Å²) in [5, 5.41) is 5.22. The average molecular weight is 355 g/mol. The third-order valence-corrected chi connectivity index (χ3v) is 4.28. The molecule has 0 aliphatic heterocycles. The SMILES string of the molecule is COc1ccc(CC(=O)Nc2nc(-c3ccccn3)cs2)c(OC)c1. The van der Waals surface area contributed by atoms with Crippen LogP contribution < -0.4 is 14.8 Å². The minimum Gasteiger partial charge on any atom is -0.497 e. The summed E-state index contributed by atoms with van der Waals surface area (Å²) in [6.45, 7) is 0. The van der Waals surface area contributed by atoms with Gasteiger partial charge in [-0.15, -0.1) is 11.3 Å². The quantitative estimate of drug-likeness (QED) is 0.733. The number of carbonyl (C=O) groups is 1. The minimum atomic E-state index is -0.162. The zero-order chi connectivity index (χ0) is 17.6. The highest BCUT2D eigenvalue weighted by atomic mass is 32.1. The van der Waals surface area contributed by atoms with Crippen LogP contribution in [0.2, 0.25) is 0 Å². The van der Waals surface area contributed by atoms with Crippen molar-refractivity contribution in [3.63, 3.8) is 0 Å². The van der Waals surface area contributed by atoms with Gasteiger partial charge in [0.1, 0.15) is 17.2 Å². The molecule has 7 heteroatoms. The molecule has 128 valence electrons. The Hall–Kier alpha value is -2.93. The normalized spacial score (nSPS) is 10.3. The first kappa shape index (κ1) is 16.9. The van der Waals surface area contributed by atoms with Gasteiger partial charge in [0.15, 0.2) is 5.13 Å². The maximum absolute atomic E-state index is 12.3. The molecule has 0 bridgehead atoms. The molecule has 3 rings (SSSR count). The molecule has 6 nitrogen and oxygen atoms in total. The van der Waals surface area contributed by atoms with Crippen LogP contribution in [0.1, 0.15) is 5.56 Å². The fourth-order valence-electron chi connectivity index (χ4n) is 2.30. The number of nitrogens with zero attached hydrogens (tertiary/aromatic N) is 2. The predicted octanol–water partition coefficient (Wildman–Crippen LogP) is 3.40. The number of benzene rings is 1. The fraction of sp³-hybridized carbons (Fsp3) is 0.167. The van der Waals surface area contributed by atoms with Gasteiger partial charge in [-0.25, -0.2) is 4.98 Å². The molecule has 25 heavy (non-hydrogen) atoms. The van der Waals surface area contributed by atoms with E-state index in [9.17, 15) is 4.79 Å². The van der Waals surface area contributed by atoms with E-state index in [1.54, 1.807) is 32.5 Å². The highest BCUT2D eigenvalue weighted by Crippen LogP contribution is 2.26. The summed E-state index contributed by atoms with van der Waals surface area (Å²) in [5.41, 5.74) is 2.29. The highest BCUT2D eigenvalue weighted by molar-refractivity contribution is 7.14. The zero-order valence-corrected chi connectivity index (χ0v) is 14.7. The number of pyridine rings is 1. The molecule has 1 amide bonds. The molecule has 0 aliphatic carbocycles. The number of aromatic nitrogens is 2. The summed E-state index contributed by atoms with van der Waals surface area (Å²) in [5.74, 6) is 1.13. The van der Waals surface area contributed by atoms with Gasteiger partial charge < -0.3 is 14.8 Å². The highest BCUT2D eigenvalue weighted by Gasteiger charge is 2.12. The van der Waals surface area contributed by atoms with E-state index in [2.05, 4.69) is 15.3 Å². The third kappa shape index (κ3) is 4.13. The van der Waals surface area contributed by atoms with Crippen LogP contribution in [-0.2, 0) is 11.2 Å². The van der Waals surface area contributed by atoms with E-state index in [0.29, 0.717) is 16.6 Å². The Morgan fingerprint density at radius 3 is 2.76 bits per heavy atom. The minimum absolute atomic E-state index is 0.162. The summed E-state index contributed by atoms with van der Waals surface area (Å²) in [7, 11) is 3.15. The van der Waals surface area contributed by atoms with Crippen molar-refractivity contribution in [1.82, 2.24) is 9.97 Å². The van der Waals surface area contributed by atoms with Crippen LogP contribution in [0.4, 0.5) is 5.13 Å². The first-order valence-electron chi connectivity index (χ1n) is 7.57. The van der Waals surface area contributed by atoms with Gasteiger partial charge in [-0.3, -0.25) is 9.78 Å². The van der Waals surface area contributed by atoms with Crippen LogP contribution in [-0.4, -0.2) is 30.1 Å². The van der Waals surface area contributed by atoms with Gasteiger partial charge in [0.25, 0.3) is 0 Å². The number of carbonyl (C=O) groups excluding carboxylic acids is 1. The average Bonchev–Trinajstić information content (AvgIpc) is 3.11. The molecule has 1 aromatic carbocycles. The zero-order valence-electron chi connectivity index (χ0n) is 13.9. The van der Waals surface area contributed by atoms with Crippen LogP contribution in [0, 0.1) is 0 Å². The van der Waals surface area contributed by atoms with Crippen molar-refractivity contribution >= 4 is 22.4 Å². The van der Waals surface area contributed by atoms with Gasteiger partial charge in [-0.05, 0) is 18.2 Å². The fourth-order valence-corrected chi connectivity index (χ4v) is 3.02. The maximum Gasteiger partial charge on any atom is 0.230 e. The van der Waals surface area contributed by atoms with Crippen LogP contribution in [0.5, 0.6) is 11.5 Å². The smallest absolute Gasteiger partial charge is 0.230 e. The largest absolute Gasteiger partial charge is 0.497 e. The van der Waals surface area contributed by atoms with Gasteiger partial charge in [0.05, 0.1) is 26.3 Å². The van der Waals surface area contributed by atoms with Crippen LogP contribution in [0.3, 0.4) is 0 Å². The van der Waals surface area contributed by atoms with Crippen molar-refractivity contribution in [2.24, 2.45) is 0 Å². The number of hydrogen-bond donors (Lipinski definition) is 1. The Morgan fingerprint density at radius 1 is 1.16 bits per heavy atom. The topological polar surface area (TPSA) is 73.3 Å². The Labute approximate surface area is 149 Å². The molecular formula is C18H17N3O3S. The van der Waals surface area contributed by atoms with Crippen molar-refractivity contribution in [3.05, 3.63) is 53.5 Å². The molecule has 0 fully saturated rings. The maximum atomic E-state index is 12.3. The lowest BCUT2D eigenvalue weighted by molar-refractivity contribution is -0.115. The number of hydrogen-bond acceptors (Lipinski definition) is 6. The summed E-state index contributed by atoms with van der Waals surface area (Å²) < 4.78 is 10.5. The van der Waals surface area contributed by atoms with Crippen molar-refractivity contribution < 1.29 is 14.3 Å². The molecular weight excluding hydrogens is 338 g/mol. The van der Waals surface area contributed by atoms with Gasteiger partial charge in [-0.1, -0.05) is 12.1 Å². The molecule has 2 heterocycles. The van der Waals surface area contributed by atoms with E-state index in [-0.39, 0.29) is 12.3 Å². The van der Waals surface area contributed by atoms with E-state index >= 15 is 0 Å². The van der Waals surface area contributed by atoms with E-state index in [4.69, 9.17) is 9.47 Å². The molecule has 0 spiro atoms. The molecule has 0 saturated heterocycles. The molecule has 1 N–H and O–H groups in total. The van der Waals surface area contributed by atoms with Crippen LogP contribution in [0.25, 0.3) is 11.4 Å². The van der Waals surface area contributed by atoms with Gasteiger partial charge in [-0.2, -0.15) is 0 Å². The number of ether oxygens (including phenoxy) is 2. The van der Waals surface area contributed by atoms with Crippen molar-refractivity contribution in [2.45, 2.75) is 6.42 Å². The lowest BCUT2D eigenvalue weighted by Crippen LogP contribution is -2.14. The van der Waals surface area contributed by atoms with Gasteiger partial charge in [0, 0.05) is 23.2 Å². The second kappa shape index (κ2) is 7.76. The summed E-state index contributed by atoms with van der Waals surface area (Å²) in [6.07, 6.45) is 1.90. The van der Waals surface area contributed by atoms with Gasteiger partial charge >= 0.3 is 0 Å². The predicted molar refractivity (Wildman–Crippen MR) is 97.2 cm³/mol. The van der Waals surface area contributed by atoms with Crippen molar-refractivity contribution in [1.29, 1.82) is 0 Å². The lowest BCUT2D eigenvalue weighted by atomic mass is 10.1. The lowest BCUT2D eigenvalue weighted by Gasteiger charge is -2.10. The van der Waals surface area contributed by atoms with Crippen molar-refractivity contribution in [3.8, 4) is 22.9 Å². The molecule has 0 aliphatic rings. The van der Waals surface area contributed by atoms with E-state index in [1.807, 2.05) is 29.6 Å². The van der Waals surface area contributed by atoms with E-state index in [0.717, 1.165) is 17.0 Å². The Kier molecular flexibility index (Phi) is 5.25. The molecule has 0 atom stereocenters. The van der Waals surface area contributed by atoms with Crippen LogP contribution in [0.15, 0.2) is 48.0 Å². The molecule has 2 aromatic heterocycles. The van der Waals surface area contributed by atoms with Gasteiger partial charge in [0.2, 0.25) is 5.91 Å². The van der Waals surface area contributed by atoms with E-state index < -0.39 is 0 Å². The number of nitrogens with one attached hydrogen (secondary N) is 1. The van der Waals surface area contributed by atoms with Crippen molar-refractivity contribution in [2.75, 3.05) is 19.5 Å². The third-order valence-electron chi connectivity index (χ3n) is 3.52. The second-order valence-electron chi connectivity index (χ2n) is 5.16. The standard InChI is InChI=1S/C18H17N3O3S/c1-23-13-7-6-12(16(10-13)24-2)9-17(22)21-18-20-15(11-25-18)14-5-3-4-8-19-14/h3-8,10-11H,9H2,1-2H3,(H,20,21,22). The number of anilines is 1. The Balaban J connectivity index is 1.68. The molecule has 3 aromatic rings. The molecule has 0 saturated carbocycles. The second-order valence-corrected chi connectivity index (χ2v) is 6.01. The summed E-state index contributed by atoms with van der Waals surface area (Å²) in [6, 6.07) is 11.0. The van der Waals surface area contributed by atoms with E-state index in [1.165, 1.54) is 11.3 Å². The Morgan fingerprint density at radius 2 is 2.04 bits per heavy atom. The number of rotatable bonds is 6. The number of amides is 1. The summed E-state index contributed by atoms with van der Waals surface area (Å²) in [4.78, 5) is 21.0. The monoisotopic (exact) mass is 355 g/mol. The van der Waals surface area contributed by atoms with Crippen LogP contribution >= 0.6 is 11.3 Å². The molecule has 0 radical (unpaired) electrons. The first-order chi connectivity index (χ1) is 12.2. The number of thiazole rings is 1. The Bertz CT molecular complexity index is 865. The summed E-state index contributed by atoms with van der Waals surface area (Å²) >= 11 is 1.36.